The van der Waals surface area contributed by atoms with Crippen LogP contribution in [0, 0.1) is 0 Å². The highest BCUT2D eigenvalue weighted by molar-refractivity contribution is 8.00. The Hall–Kier alpha value is -2.67. The van der Waals surface area contributed by atoms with Gasteiger partial charge in [-0.1, -0.05) is 11.2 Å². The predicted molar refractivity (Wildman–Crippen MR) is 114 cm³/mol. The van der Waals surface area contributed by atoms with Crippen LogP contribution in [0.4, 0.5) is 11.5 Å². The number of fused-ring (bicyclic) bond motifs is 4. The molecule has 148 valence electrons. The molecule has 1 aliphatic heterocycles. The summed E-state index contributed by atoms with van der Waals surface area (Å²) in [6.07, 6.45) is 6.45. The first-order valence-corrected chi connectivity index (χ1v) is 10.9. The molecule has 2 fully saturated rings. The van der Waals surface area contributed by atoms with Crippen molar-refractivity contribution >= 4 is 23.5 Å². The van der Waals surface area contributed by atoms with Crippen molar-refractivity contribution in [3.63, 3.8) is 0 Å². The summed E-state index contributed by atoms with van der Waals surface area (Å²) in [7, 11) is 1.63. The van der Waals surface area contributed by atoms with Gasteiger partial charge in [-0.15, -0.1) is 0 Å². The van der Waals surface area contributed by atoms with Crippen molar-refractivity contribution in [1.82, 2.24) is 10.1 Å². The molecule has 0 radical (unpaired) electrons. The van der Waals surface area contributed by atoms with E-state index in [1.165, 1.54) is 53.6 Å². The van der Waals surface area contributed by atoms with Crippen LogP contribution in [0.2, 0.25) is 0 Å². The Balaban J connectivity index is 1.35. The first-order chi connectivity index (χ1) is 14.3. The number of nitrogens with one attached hydrogen (secondary N) is 1. The van der Waals surface area contributed by atoms with Gasteiger partial charge in [0.15, 0.2) is 11.6 Å². The van der Waals surface area contributed by atoms with Crippen molar-refractivity contribution < 1.29 is 9.26 Å². The summed E-state index contributed by atoms with van der Waals surface area (Å²) in [6, 6.07) is 10.8. The van der Waals surface area contributed by atoms with E-state index >= 15 is 0 Å². The van der Waals surface area contributed by atoms with Gasteiger partial charge >= 0.3 is 0 Å². The van der Waals surface area contributed by atoms with Gasteiger partial charge in [0.1, 0.15) is 0 Å². The Kier molecular flexibility index (Phi) is 3.81. The van der Waals surface area contributed by atoms with Crippen LogP contribution in [0.25, 0.3) is 11.3 Å². The topological polar surface area (TPSA) is 63.4 Å². The lowest BCUT2D eigenvalue weighted by Crippen LogP contribution is -2.37. The first kappa shape index (κ1) is 17.2. The fourth-order valence-corrected chi connectivity index (χ4v) is 5.20. The van der Waals surface area contributed by atoms with Crippen LogP contribution in [-0.4, -0.2) is 30.3 Å². The van der Waals surface area contributed by atoms with Crippen molar-refractivity contribution in [3.8, 4) is 17.2 Å². The molecule has 0 atom stereocenters. The molecule has 2 aromatic heterocycles. The van der Waals surface area contributed by atoms with Gasteiger partial charge in [-0.2, -0.15) is 0 Å². The molecule has 1 saturated heterocycles. The average Bonchev–Trinajstić information content (AvgIpc) is 3.36. The molecule has 3 aliphatic rings. The van der Waals surface area contributed by atoms with Crippen LogP contribution < -0.4 is 14.4 Å². The second kappa shape index (κ2) is 6.42. The van der Waals surface area contributed by atoms with E-state index in [-0.39, 0.29) is 5.41 Å². The fraction of sp³-hybridized carbons (Fsp3) is 0.364. The number of hydrogen-bond acceptors (Lipinski definition) is 7. The minimum Gasteiger partial charge on any atom is -0.480 e. The van der Waals surface area contributed by atoms with E-state index in [2.05, 4.69) is 38.0 Å². The number of rotatable bonds is 5. The highest BCUT2D eigenvalue weighted by atomic mass is 32.2. The quantitative estimate of drug-likeness (QED) is 0.618. The summed E-state index contributed by atoms with van der Waals surface area (Å²) in [6.45, 7) is 2.28. The molecule has 0 bridgehead atoms. The third-order valence-electron chi connectivity index (χ3n) is 6.38. The number of anilines is 2. The van der Waals surface area contributed by atoms with Crippen LogP contribution in [0.1, 0.15) is 30.4 Å². The lowest BCUT2D eigenvalue weighted by molar-refractivity contribution is 0.387. The molecule has 0 unspecified atom stereocenters. The second-order valence-electron chi connectivity index (χ2n) is 8.08. The molecular formula is C22H22N4O2S. The number of methoxy groups -OCH3 is 1. The van der Waals surface area contributed by atoms with Gasteiger partial charge in [-0.3, -0.25) is 0 Å². The maximum atomic E-state index is 5.87. The van der Waals surface area contributed by atoms with Crippen molar-refractivity contribution in [2.75, 3.05) is 29.8 Å². The number of benzene rings is 1. The highest BCUT2D eigenvalue weighted by Crippen LogP contribution is 2.59. The molecule has 29 heavy (non-hydrogen) atoms. The summed E-state index contributed by atoms with van der Waals surface area (Å²) >= 11 is 1.46. The predicted octanol–water partition coefficient (Wildman–Crippen LogP) is 4.66. The van der Waals surface area contributed by atoms with Crippen molar-refractivity contribution in [3.05, 3.63) is 47.7 Å². The molecule has 2 aliphatic carbocycles. The third kappa shape index (κ3) is 2.71. The monoisotopic (exact) mass is 406 g/mol. The number of ether oxygens (including phenoxy) is 1. The van der Waals surface area contributed by atoms with E-state index in [0.717, 1.165) is 36.0 Å². The lowest BCUT2D eigenvalue weighted by Gasteiger charge is -2.34. The largest absolute Gasteiger partial charge is 0.480 e. The molecule has 1 spiro atoms. The second-order valence-corrected chi connectivity index (χ2v) is 8.93. The molecular weight excluding hydrogens is 384 g/mol. The SMILES string of the molecule is COc1ncccc1SNc1noc2c1CC1(CC1)c1ccc(N3CCC3)cc1-2. The first-order valence-electron chi connectivity index (χ1n) is 10.1. The van der Waals surface area contributed by atoms with E-state index in [1.54, 1.807) is 13.3 Å². The molecule has 0 amide bonds. The molecule has 7 heteroatoms. The molecule has 1 N–H and O–H groups in total. The van der Waals surface area contributed by atoms with E-state index in [0.29, 0.717) is 5.88 Å². The van der Waals surface area contributed by atoms with Gasteiger partial charge in [0.25, 0.3) is 0 Å². The summed E-state index contributed by atoms with van der Waals surface area (Å²) in [5.41, 5.74) is 5.38. The summed E-state index contributed by atoms with van der Waals surface area (Å²) in [4.78, 5) is 7.60. The van der Waals surface area contributed by atoms with Crippen LogP contribution >= 0.6 is 11.9 Å². The van der Waals surface area contributed by atoms with Crippen molar-refractivity contribution in [1.29, 1.82) is 0 Å². The van der Waals surface area contributed by atoms with Gasteiger partial charge in [0.2, 0.25) is 5.88 Å². The summed E-state index contributed by atoms with van der Waals surface area (Å²) in [5.74, 6) is 2.33. The number of pyridine rings is 1. The molecule has 1 saturated carbocycles. The van der Waals surface area contributed by atoms with Crippen LogP contribution in [0.5, 0.6) is 5.88 Å². The summed E-state index contributed by atoms with van der Waals surface area (Å²) in [5, 5.41) is 4.39. The van der Waals surface area contributed by atoms with Gasteiger partial charge in [-0.25, -0.2) is 4.98 Å². The van der Waals surface area contributed by atoms with Crippen LogP contribution in [0.15, 0.2) is 45.9 Å². The van der Waals surface area contributed by atoms with Gasteiger partial charge in [-0.05, 0) is 67.5 Å². The lowest BCUT2D eigenvalue weighted by atomic mass is 9.79. The maximum Gasteiger partial charge on any atom is 0.228 e. The average molecular weight is 407 g/mol. The highest BCUT2D eigenvalue weighted by Gasteiger charge is 2.50. The zero-order chi connectivity index (χ0) is 19.4. The van der Waals surface area contributed by atoms with E-state index < -0.39 is 0 Å². The number of nitrogens with zero attached hydrogens (tertiary/aromatic N) is 3. The van der Waals surface area contributed by atoms with Gasteiger partial charge < -0.3 is 18.9 Å². The minimum atomic E-state index is 0.258. The van der Waals surface area contributed by atoms with Gasteiger partial charge in [0, 0.05) is 41.5 Å². The van der Waals surface area contributed by atoms with Crippen LogP contribution in [-0.2, 0) is 11.8 Å². The molecule has 6 rings (SSSR count). The molecule has 6 nitrogen and oxygen atoms in total. The summed E-state index contributed by atoms with van der Waals surface area (Å²) < 4.78 is 14.6. The van der Waals surface area contributed by atoms with E-state index in [1.807, 2.05) is 12.1 Å². The van der Waals surface area contributed by atoms with Crippen LogP contribution in [0.3, 0.4) is 0 Å². The minimum absolute atomic E-state index is 0.258. The number of aromatic nitrogens is 2. The van der Waals surface area contributed by atoms with E-state index in [4.69, 9.17) is 9.26 Å². The van der Waals surface area contributed by atoms with Crippen molar-refractivity contribution in [2.45, 2.75) is 36.0 Å². The Bertz CT molecular complexity index is 1090. The Morgan fingerprint density at radius 3 is 2.90 bits per heavy atom. The Labute approximate surface area is 173 Å². The molecule has 1 aromatic carbocycles. The fourth-order valence-electron chi connectivity index (χ4n) is 4.46. The third-order valence-corrected chi connectivity index (χ3v) is 7.21. The number of hydrogen-bond donors (Lipinski definition) is 1. The Morgan fingerprint density at radius 2 is 2.14 bits per heavy atom. The molecule has 3 aromatic rings. The standard InChI is InChI=1S/C22H22N4O2S/c1-27-21-18(4-2-9-23-21)29-25-20-16-13-22(7-8-22)17-6-5-14(26-10-3-11-26)12-15(17)19(16)28-24-20/h2,4-6,9,12H,3,7-8,10-11,13H2,1H3,(H,24,25). The smallest absolute Gasteiger partial charge is 0.228 e. The Morgan fingerprint density at radius 1 is 1.24 bits per heavy atom. The van der Waals surface area contributed by atoms with Gasteiger partial charge in [0.05, 0.1) is 12.0 Å². The van der Waals surface area contributed by atoms with E-state index in [9.17, 15) is 0 Å². The zero-order valence-electron chi connectivity index (χ0n) is 16.3. The zero-order valence-corrected chi connectivity index (χ0v) is 17.1. The normalized spacial score (nSPS) is 18.0. The van der Waals surface area contributed by atoms with Crippen molar-refractivity contribution in [2.24, 2.45) is 0 Å². The molecule has 3 heterocycles. The maximum absolute atomic E-state index is 5.87.